The van der Waals surface area contributed by atoms with Gasteiger partial charge in [0.05, 0.1) is 10.8 Å². The van der Waals surface area contributed by atoms with Crippen LogP contribution in [-0.4, -0.2) is 46.9 Å². The number of halogens is 9. The maximum absolute atomic E-state index is 12.8. The predicted octanol–water partition coefficient (Wildman–Crippen LogP) is 19.6. The summed E-state index contributed by atoms with van der Waals surface area (Å²) < 4.78 is 176. The van der Waals surface area contributed by atoms with Crippen LogP contribution in [0.1, 0.15) is 66.8 Å². The SMILES string of the molecule is Cc1ccc(C2(c3ccc(C)cc3)c3ccccc3-c3ccc(-c4ccc5cc(O)ccc5c4)cc32)cc1.Cc1ccc(C2(c3ccc(C)cc3)c3ccccc3-c3ccc(-c4ccc5cc(OS(=O)(=O)C(F)(F)F)ccc5c4)cc32)cc1.O=S(=O)(OS(=O)(=O)C(F)(F)F)C(F)(F)F. The number of rotatable bonds is 10. The van der Waals surface area contributed by atoms with Crippen molar-refractivity contribution in [3.63, 3.8) is 0 Å². The Morgan fingerprint density at radius 2 is 0.602 bits per heavy atom. The number of fused-ring (bicyclic) bond motifs is 8. The van der Waals surface area contributed by atoms with Gasteiger partial charge in [0.15, 0.2) is 0 Å². The molecule has 0 fully saturated rings. The number of aromatic hydroxyl groups is 1. The molecule has 0 atom stereocenters. The smallest absolute Gasteiger partial charge is 0.508 e. The van der Waals surface area contributed by atoms with Crippen molar-refractivity contribution in [3.05, 3.63) is 322 Å². The van der Waals surface area contributed by atoms with E-state index in [1.807, 2.05) is 27.9 Å². The summed E-state index contributed by atoms with van der Waals surface area (Å²) in [6.45, 7) is 8.47. The zero-order valence-corrected chi connectivity index (χ0v) is 54.5. The van der Waals surface area contributed by atoms with Crippen LogP contribution in [0.2, 0.25) is 0 Å². The Kier molecular flexibility index (Phi) is 17.4. The highest BCUT2D eigenvalue weighted by Gasteiger charge is 2.58. The van der Waals surface area contributed by atoms with Crippen LogP contribution in [0.25, 0.3) is 66.1 Å². The topological polar surface area (TPSA) is 141 Å². The lowest BCUT2D eigenvalue weighted by Crippen LogP contribution is -2.34. The van der Waals surface area contributed by atoms with Crippen LogP contribution in [-0.2, 0) is 44.8 Å². The Bertz CT molecular complexity index is 5310. The van der Waals surface area contributed by atoms with E-state index in [4.69, 9.17) is 0 Å². The minimum Gasteiger partial charge on any atom is -0.508 e. The van der Waals surface area contributed by atoms with E-state index in [1.165, 1.54) is 101 Å². The minimum absolute atomic E-state index is 0.293. The molecule has 21 heteroatoms. The van der Waals surface area contributed by atoms with Crippen molar-refractivity contribution < 1.29 is 77.7 Å². The molecule has 0 radical (unpaired) electrons. The van der Waals surface area contributed by atoms with Crippen LogP contribution in [0.4, 0.5) is 39.5 Å². The summed E-state index contributed by atoms with van der Waals surface area (Å²) in [7, 11) is -19.5. The lowest BCUT2D eigenvalue weighted by molar-refractivity contribution is -0.0586. The average Bonchev–Trinajstić information content (AvgIpc) is 1.54. The van der Waals surface area contributed by atoms with Crippen LogP contribution < -0.4 is 4.18 Å². The molecule has 0 saturated carbocycles. The zero-order valence-electron chi connectivity index (χ0n) is 52.1. The first-order valence-electron chi connectivity index (χ1n) is 30.1. The van der Waals surface area contributed by atoms with Gasteiger partial charge in [-0.2, -0.15) is 64.8 Å². The summed E-state index contributed by atoms with van der Waals surface area (Å²) in [5.41, 5.74) is 4.97. The number of hydrogen-bond acceptors (Lipinski definition) is 9. The van der Waals surface area contributed by atoms with Gasteiger partial charge >= 0.3 is 46.9 Å². The van der Waals surface area contributed by atoms with Crippen molar-refractivity contribution in [1.82, 2.24) is 0 Å². The van der Waals surface area contributed by atoms with Crippen molar-refractivity contribution in [3.8, 4) is 56.0 Å². The molecule has 0 bridgehead atoms. The second-order valence-electron chi connectivity index (χ2n) is 23.9. The molecule has 2 aliphatic rings. The number of hydrogen-bond donors (Lipinski definition) is 1. The van der Waals surface area contributed by atoms with Crippen molar-refractivity contribution in [2.75, 3.05) is 0 Å². The first kappa shape index (κ1) is 67.9. The molecule has 14 rings (SSSR count). The van der Waals surface area contributed by atoms with E-state index in [9.17, 15) is 69.9 Å². The number of benzene rings is 12. The average molecular weight is 1390 g/mol. The zero-order chi connectivity index (χ0) is 70.1. The van der Waals surface area contributed by atoms with Gasteiger partial charge in [0, 0.05) is 0 Å². The molecule has 0 spiro atoms. The lowest BCUT2D eigenvalue weighted by Gasteiger charge is -2.34. The van der Waals surface area contributed by atoms with E-state index in [0.717, 1.165) is 38.4 Å². The first-order valence-corrected chi connectivity index (χ1v) is 34.3. The Labute approximate surface area is 559 Å². The fraction of sp³-hybridized carbons (Fsp3) is 0.117. The largest absolute Gasteiger partial charge is 0.534 e. The van der Waals surface area contributed by atoms with Gasteiger partial charge in [-0.3, -0.25) is 0 Å². The maximum Gasteiger partial charge on any atom is 0.534 e. The van der Waals surface area contributed by atoms with Crippen LogP contribution in [0, 0.1) is 27.7 Å². The van der Waals surface area contributed by atoms with E-state index in [0.29, 0.717) is 11.1 Å². The minimum atomic E-state index is -6.85. The quantitative estimate of drug-likeness (QED) is 0.0805. The first-order chi connectivity index (χ1) is 46.2. The van der Waals surface area contributed by atoms with E-state index < -0.39 is 63.5 Å². The third-order valence-corrected chi connectivity index (χ3v) is 21.1. The van der Waals surface area contributed by atoms with Gasteiger partial charge in [0.2, 0.25) is 0 Å². The second-order valence-corrected chi connectivity index (χ2v) is 28.7. The van der Waals surface area contributed by atoms with Gasteiger partial charge in [-0.25, -0.2) is 0 Å². The van der Waals surface area contributed by atoms with Crippen LogP contribution in [0.5, 0.6) is 11.5 Å². The molecular formula is C77H55F9O9S3. The van der Waals surface area contributed by atoms with Gasteiger partial charge in [0.1, 0.15) is 11.5 Å². The summed E-state index contributed by atoms with van der Waals surface area (Å²) in [6.07, 6.45) is 0. The summed E-state index contributed by atoms with van der Waals surface area (Å²) in [4.78, 5) is 0. The van der Waals surface area contributed by atoms with E-state index >= 15 is 0 Å². The Morgan fingerprint density at radius 1 is 0.306 bits per heavy atom. The van der Waals surface area contributed by atoms with Gasteiger partial charge in [-0.15, -0.1) is 3.63 Å². The lowest BCUT2D eigenvalue weighted by atomic mass is 9.67. The van der Waals surface area contributed by atoms with Gasteiger partial charge in [0.25, 0.3) is 0 Å². The number of alkyl halides is 9. The molecule has 0 saturated heterocycles. The van der Waals surface area contributed by atoms with Crippen molar-refractivity contribution in [2.24, 2.45) is 0 Å². The van der Waals surface area contributed by atoms with Crippen LogP contribution in [0.3, 0.4) is 0 Å². The molecule has 2 aliphatic carbocycles. The molecule has 98 heavy (non-hydrogen) atoms. The monoisotopic (exact) mass is 1390 g/mol. The standard InChI is InChI=1S/C38H27F3O3S.C37H28O.C2F6O5S2/c1-24-7-15-30(16-8-24)37(31-17-9-25(2)10-18-31)35-6-4-3-5-33(35)34-20-14-29(23-36(34)37)26-11-12-28-22-32(19-13-27(28)21-26)44-45(42,43)38(39,40)41;1-24-7-15-30(16-8-24)37(31-17-9-25(2)10-18-31)35-6-4-3-5-33(35)34-20-14-29(23-36(34)37)26-11-12-28-22-32(38)19-13-27(28)21-26;3-1(4,5)14(9,10)13-15(11,12)2(6,7)8/h3-23H,1-2H3;3-23,38H,1-2H3;. The van der Waals surface area contributed by atoms with Crippen molar-refractivity contribution in [2.45, 2.75) is 55.0 Å². The van der Waals surface area contributed by atoms with Crippen LogP contribution >= 0.6 is 0 Å². The molecule has 9 nitrogen and oxygen atoms in total. The second kappa shape index (κ2) is 25.1. The number of phenolic OH excluding ortho intramolecular Hbond substituents is 1. The number of aryl methyl sites for hydroxylation is 4. The molecule has 0 aliphatic heterocycles. The van der Waals surface area contributed by atoms with Crippen LogP contribution in [0.15, 0.2) is 255 Å². The third-order valence-electron chi connectivity index (χ3n) is 17.6. The molecule has 0 heterocycles. The third kappa shape index (κ3) is 12.4. The van der Waals surface area contributed by atoms with Crippen molar-refractivity contribution >= 4 is 51.9 Å². The van der Waals surface area contributed by atoms with E-state index in [-0.39, 0.29) is 0 Å². The fourth-order valence-electron chi connectivity index (χ4n) is 12.9. The van der Waals surface area contributed by atoms with E-state index in [2.05, 4.69) is 232 Å². The molecule has 498 valence electrons. The maximum atomic E-state index is 12.8. The Hall–Kier alpha value is -10.1. The van der Waals surface area contributed by atoms with Gasteiger partial charge in [-0.1, -0.05) is 229 Å². The molecule has 12 aromatic rings. The molecule has 0 unspecified atom stereocenters. The number of phenols is 1. The highest BCUT2D eigenvalue weighted by Crippen LogP contribution is 2.59. The summed E-state index contributed by atoms with van der Waals surface area (Å²) >= 11 is 0. The van der Waals surface area contributed by atoms with Gasteiger partial charge < -0.3 is 9.29 Å². The fourth-order valence-corrected chi connectivity index (χ4v) is 15.0. The normalized spacial score (nSPS) is 13.8. The molecule has 0 aromatic heterocycles. The Balaban J connectivity index is 0.000000156. The summed E-state index contributed by atoms with van der Waals surface area (Å²) in [6, 6.07) is 88.1. The molecule has 0 amide bonds. The molecule has 1 N–H and O–H groups in total. The highest BCUT2D eigenvalue weighted by molar-refractivity contribution is 8.00. The Morgan fingerprint density at radius 3 is 0.969 bits per heavy atom. The highest BCUT2D eigenvalue weighted by atomic mass is 32.3. The molecular weight excluding hydrogens is 1340 g/mol. The summed E-state index contributed by atoms with van der Waals surface area (Å²) in [5, 5.41) is 13.4. The van der Waals surface area contributed by atoms with Crippen molar-refractivity contribution in [1.29, 1.82) is 0 Å². The molecule has 12 aromatic carbocycles. The van der Waals surface area contributed by atoms with Gasteiger partial charge in [-0.05, 0) is 187 Å². The summed E-state index contributed by atoms with van der Waals surface area (Å²) in [5.74, 6) is -0.106. The van der Waals surface area contributed by atoms with E-state index in [1.54, 1.807) is 18.2 Å². The predicted molar refractivity (Wildman–Crippen MR) is 361 cm³/mol.